The van der Waals surface area contributed by atoms with Crippen molar-refractivity contribution in [1.82, 2.24) is 4.31 Å². The molecular formula is C23H28N2O5S2. The number of carbonyl (C=O) groups is 1. The van der Waals surface area contributed by atoms with Crippen LogP contribution in [-0.2, 0) is 14.8 Å². The van der Waals surface area contributed by atoms with Crippen molar-refractivity contribution in [2.45, 2.75) is 30.7 Å². The quantitative estimate of drug-likeness (QED) is 0.390. The topological polar surface area (TPSA) is 96.3 Å². The van der Waals surface area contributed by atoms with Crippen LogP contribution in [0.1, 0.15) is 30.1 Å². The van der Waals surface area contributed by atoms with Crippen molar-refractivity contribution < 1.29 is 23.1 Å². The zero-order valence-electron chi connectivity index (χ0n) is 18.0. The van der Waals surface area contributed by atoms with E-state index >= 15 is 0 Å². The van der Waals surface area contributed by atoms with Crippen LogP contribution < -0.4 is 0 Å². The number of nitrogens with zero attached hydrogens (tertiary/aromatic N) is 2. The number of rotatable bonds is 11. The Labute approximate surface area is 194 Å². The van der Waals surface area contributed by atoms with Crippen LogP contribution in [0.15, 0.2) is 58.5 Å². The predicted octanol–water partition coefficient (Wildman–Crippen LogP) is 2.81. The number of aliphatic hydroxyl groups excluding tert-OH is 1. The molecule has 0 spiro atoms. The van der Waals surface area contributed by atoms with Gasteiger partial charge in [0.25, 0.3) is 0 Å². The maximum absolute atomic E-state index is 13.3. The average molecular weight is 477 g/mol. The Morgan fingerprint density at radius 1 is 1.19 bits per heavy atom. The molecular weight excluding hydrogens is 448 g/mol. The third-order valence-corrected chi connectivity index (χ3v) is 7.62. The van der Waals surface area contributed by atoms with Gasteiger partial charge in [-0.1, -0.05) is 24.3 Å². The van der Waals surface area contributed by atoms with E-state index in [0.717, 1.165) is 0 Å². The van der Waals surface area contributed by atoms with Crippen molar-refractivity contribution in [3.8, 4) is 0 Å². The lowest BCUT2D eigenvalue weighted by Crippen LogP contribution is -2.35. The predicted molar refractivity (Wildman–Crippen MR) is 128 cm³/mol. The second-order valence-corrected chi connectivity index (χ2v) is 10.3. The van der Waals surface area contributed by atoms with E-state index in [2.05, 4.69) is 17.1 Å². The summed E-state index contributed by atoms with van der Waals surface area (Å²) in [6.07, 6.45) is 11.1. The summed E-state index contributed by atoms with van der Waals surface area (Å²) in [5.41, 5.74) is 0.354. The van der Waals surface area contributed by atoms with Crippen LogP contribution in [-0.4, -0.2) is 67.2 Å². The smallest absolute Gasteiger partial charge is 0.243 e. The molecule has 0 amide bonds. The molecule has 0 fully saturated rings. The second kappa shape index (κ2) is 11.1. The van der Waals surface area contributed by atoms with Crippen molar-refractivity contribution in [3.05, 3.63) is 54.1 Å². The number of thiocarbonyl (C=S) groups is 1. The van der Waals surface area contributed by atoms with Gasteiger partial charge < -0.3 is 9.84 Å². The van der Waals surface area contributed by atoms with E-state index in [1.54, 1.807) is 6.92 Å². The van der Waals surface area contributed by atoms with Gasteiger partial charge in [0.15, 0.2) is 17.4 Å². The van der Waals surface area contributed by atoms with Gasteiger partial charge >= 0.3 is 0 Å². The minimum absolute atomic E-state index is 0.0954. The lowest BCUT2D eigenvalue weighted by molar-refractivity contribution is 0.0915. The SMILES string of the molecule is CC(=S)OCC(=O)c1ccc(S(=O)(=O)N(CCCO)CCC2C=NC3C=CC=CC23)cc1. The summed E-state index contributed by atoms with van der Waals surface area (Å²) in [7, 11) is -3.78. The van der Waals surface area contributed by atoms with Gasteiger partial charge in [-0.05, 0) is 49.3 Å². The van der Waals surface area contributed by atoms with Gasteiger partial charge in [-0.15, -0.1) is 0 Å². The molecule has 1 aliphatic heterocycles. The molecule has 1 aromatic rings. The van der Waals surface area contributed by atoms with Gasteiger partial charge in [0.1, 0.15) is 0 Å². The second-order valence-electron chi connectivity index (χ2n) is 7.80. The first kappa shape index (κ1) is 24.4. The zero-order valence-corrected chi connectivity index (χ0v) is 19.6. The maximum Gasteiger partial charge on any atom is 0.243 e. The van der Waals surface area contributed by atoms with Gasteiger partial charge in [-0.2, -0.15) is 4.31 Å². The van der Waals surface area contributed by atoms with E-state index in [1.807, 2.05) is 18.4 Å². The van der Waals surface area contributed by atoms with Crippen LogP contribution in [0.3, 0.4) is 0 Å². The van der Waals surface area contributed by atoms with E-state index in [9.17, 15) is 18.3 Å². The summed E-state index contributed by atoms with van der Waals surface area (Å²) in [5.74, 6) is 0.142. The number of fused-ring (bicyclic) bond motifs is 1. The molecule has 9 heteroatoms. The standard InChI is InChI=1S/C23H28N2O5S2/c1-17(31)30-16-23(27)18-7-9-20(10-8-18)32(28,29)25(12-4-14-26)13-11-19-15-24-22-6-3-2-5-21(19)22/h2-3,5-10,15,19,21-22,26H,4,11-14,16H2,1H3. The van der Waals surface area contributed by atoms with Crippen molar-refractivity contribution >= 4 is 39.3 Å². The van der Waals surface area contributed by atoms with Crippen molar-refractivity contribution in [1.29, 1.82) is 0 Å². The first-order chi connectivity index (χ1) is 15.3. The number of Topliss-reactive ketones (excluding diaryl/α,β-unsaturated/α-hetero) is 1. The summed E-state index contributed by atoms with van der Waals surface area (Å²) in [6.45, 7) is 1.84. The molecule has 3 rings (SSSR count). The molecule has 1 aliphatic carbocycles. The Bertz CT molecular complexity index is 1020. The Kier molecular flexibility index (Phi) is 8.47. The minimum atomic E-state index is -3.78. The van der Waals surface area contributed by atoms with Gasteiger partial charge in [0.2, 0.25) is 10.0 Å². The van der Waals surface area contributed by atoms with Crippen LogP contribution in [0.2, 0.25) is 0 Å². The first-order valence-electron chi connectivity index (χ1n) is 10.6. The van der Waals surface area contributed by atoms with E-state index < -0.39 is 10.0 Å². The number of benzene rings is 1. The fourth-order valence-electron chi connectivity index (χ4n) is 3.84. The molecule has 172 valence electrons. The summed E-state index contributed by atoms with van der Waals surface area (Å²) in [6, 6.07) is 5.95. The van der Waals surface area contributed by atoms with E-state index in [-0.39, 0.29) is 53.4 Å². The molecule has 0 saturated carbocycles. The molecule has 7 nitrogen and oxygen atoms in total. The fourth-order valence-corrected chi connectivity index (χ4v) is 5.39. The zero-order chi connectivity index (χ0) is 23.1. The van der Waals surface area contributed by atoms with Crippen molar-refractivity contribution in [2.24, 2.45) is 16.8 Å². The summed E-state index contributed by atoms with van der Waals surface area (Å²) in [5, 5.41) is 9.53. The molecule has 3 unspecified atom stereocenters. The third kappa shape index (κ3) is 5.98. The number of hydrogen-bond acceptors (Lipinski definition) is 7. The van der Waals surface area contributed by atoms with Gasteiger partial charge in [-0.3, -0.25) is 9.79 Å². The maximum atomic E-state index is 13.3. The van der Waals surface area contributed by atoms with Gasteiger partial charge in [0.05, 0.1) is 10.9 Å². The number of aliphatic imine (C=N–C) groups is 1. The number of sulfonamides is 1. The van der Waals surface area contributed by atoms with Crippen molar-refractivity contribution in [3.63, 3.8) is 0 Å². The van der Waals surface area contributed by atoms with Crippen LogP contribution >= 0.6 is 12.2 Å². The van der Waals surface area contributed by atoms with Crippen LogP contribution in [0.5, 0.6) is 0 Å². The van der Waals surface area contributed by atoms with E-state index in [4.69, 9.17) is 17.0 Å². The average Bonchev–Trinajstić information content (AvgIpc) is 3.20. The number of ether oxygens (including phenoxy) is 1. The molecule has 1 heterocycles. The number of allylic oxidation sites excluding steroid dienone is 2. The molecule has 1 aromatic carbocycles. The Balaban J connectivity index is 1.69. The number of aliphatic hydroxyl groups is 1. The molecule has 0 radical (unpaired) electrons. The van der Waals surface area contributed by atoms with Crippen LogP contribution in [0.4, 0.5) is 0 Å². The van der Waals surface area contributed by atoms with Crippen molar-refractivity contribution in [2.75, 3.05) is 26.3 Å². The monoisotopic (exact) mass is 476 g/mol. The highest BCUT2D eigenvalue weighted by molar-refractivity contribution is 7.89. The number of hydrogen-bond donors (Lipinski definition) is 1. The van der Waals surface area contributed by atoms with E-state index in [1.165, 1.54) is 28.6 Å². The highest BCUT2D eigenvalue weighted by Gasteiger charge is 2.32. The minimum Gasteiger partial charge on any atom is -0.479 e. The molecule has 1 N–H and O–H groups in total. The summed E-state index contributed by atoms with van der Waals surface area (Å²) >= 11 is 4.80. The fraction of sp³-hybridized carbons (Fsp3) is 0.435. The number of ketones is 1. The Morgan fingerprint density at radius 3 is 2.59 bits per heavy atom. The number of carbonyl (C=O) groups excluding carboxylic acids is 1. The lowest BCUT2D eigenvalue weighted by Gasteiger charge is -2.25. The highest BCUT2D eigenvalue weighted by atomic mass is 32.2. The molecule has 2 aliphatic rings. The molecule has 0 bridgehead atoms. The molecule has 32 heavy (non-hydrogen) atoms. The molecule has 3 atom stereocenters. The molecule has 0 aromatic heterocycles. The summed E-state index contributed by atoms with van der Waals surface area (Å²) in [4.78, 5) is 16.8. The molecule has 0 saturated heterocycles. The Hall–Kier alpha value is -2.20. The lowest BCUT2D eigenvalue weighted by atomic mass is 9.85. The van der Waals surface area contributed by atoms with Crippen LogP contribution in [0.25, 0.3) is 0 Å². The first-order valence-corrected chi connectivity index (χ1v) is 12.4. The third-order valence-electron chi connectivity index (χ3n) is 5.59. The normalized spacial score (nSPS) is 21.7. The van der Waals surface area contributed by atoms with E-state index in [0.29, 0.717) is 24.9 Å². The largest absolute Gasteiger partial charge is 0.479 e. The van der Waals surface area contributed by atoms with Gasteiger partial charge in [-0.25, -0.2) is 8.42 Å². The Morgan fingerprint density at radius 2 is 1.91 bits per heavy atom. The summed E-state index contributed by atoms with van der Waals surface area (Å²) < 4.78 is 33.0. The van der Waals surface area contributed by atoms with Crippen LogP contribution in [0, 0.1) is 11.8 Å². The highest BCUT2D eigenvalue weighted by Crippen LogP contribution is 2.31. The van der Waals surface area contributed by atoms with Gasteiger partial charge in [0, 0.05) is 50.2 Å².